The summed E-state index contributed by atoms with van der Waals surface area (Å²) in [5.74, 6) is 0.0136. The van der Waals surface area contributed by atoms with Crippen molar-refractivity contribution in [3.8, 4) is 5.75 Å². The molecular formula is C15H18BrNO4. The van der Waals surface area contributed by atoms with E-state index in [0.29, 0.717) is 18.2 Å². The lowest BCUT2D eigenvalue weighted by molar-refractivity contribution is -0.144. The highest BCUT2D eigenvalue weighted by molar-refractivity contribution is 9.10. The summed E-state index contributed by atoms with van der Waals surface area (Å²) in [6.45, 7) is 0.560. The molecule has 6 heteroatoms. The number of rotatable bonds is 8. The van der Waals surface area contributed by atoms with Crippen LogP contribution in [0.3, 0.4) is 0 Å². The van der Waals surface area contributed by atoms with Gasteiger partial charge in [0.2, 0.25) is 5.91 Å². The fourth-order valence-electron chi connectivity index (χ4n) is 2.00. The second-order valence-corrected chi connectivity index (χ2v) is 6.08. The van der Waals surface area contributed by atoms with Gasteiger partial charge in [0.05, 0.1) is 13.0 Å². The van der Waals surface area contributed by atoms with Gasteiger partial charge in [-0.05, 0) is 37.0 Å². The molecule has 114 valence electrons. The molecule has 0 unspecified atom stereocenters. The maximum atomic E-state index is 12.1. The third-order valence-corrected chi connectivity index (χ3v) is 3.73. The van der Waals surface area contributed by atoms with E-state index in [1.54, 1.807) is 0 Å². The number of nitrogens with zero attached hydrogens (tertiary/aromatic N) is 1. The Morgan fingerprint density at radius 1 is 1.38 bits per heavy atom. The van der Waals surface area contributed by atoms with E-state index in [0.717, 1.165) is 17.3 Å². The Kier molecular flexibility index (Phi) is 5.61. The second kappa shape index (κ2) is 7.45. The molecule has 0 aromatic heterocycles. The molecule has 1 aliphatic carbocycles. The minimum atomic E-state index is -0.975. The number of carboxylic acids is 1. The summed E-state index contributed by atoms with van der Waals surface area (Å²) in [4.78, 5) is 24.3. The van der Waals surface area contributed by atoms with Gasteiger partial charge in [-0.1, -0.05) is 22.0 Å². The fourth-order valence-corrected chi connectivity index (χ4v) is 2.38. The number of carbonyl (C=O) groups is 2. The van der Waals surface area contributed by atoms with Crippen molar-refractivity contribution in [2.45, 2.75) is 19.3 Å². The van der Waals surface area contributed by atoms with Crippen LogP contribution in [0.15, 0.2) is 28.7 Å². The minimum absolute atomic E-state index is 0.167. The standard InChI is InChI=1S/C15H18BrNO4/c16-12-2-1-3-13(8-12)21-7-6-14(18)17(10-15(19)20)9-11-4-5-11/h1-3,8,11H,4-7,9-10H2,(H,19,20). The number of carbonyl (C=O) groups excluding carboxylic acids is 1. The molecule has 0 radical (unpaired) electrons. The summed E-state index contributed by atoms with van der Waals surface area (Å²) in [6, 6.07) is 7.38. The highest BCUT2D eigenvalue weighted by Gasteiger charge is 2.27. The zero-order valence-electron chi connectivity index (χ0n) is 11.6. The molecule has 5 nitrogen and oxygen atoms in total. The number of aliphatic carboxylic acids is 1. The van der Waals surface area contributed by atoms with E-state index in [2.05, 4.69) is 15.9 Å². The van der Waals surface area contributed by atoms with Crippen molar-refractivity contribution in [1.29, 1.82) is 0 Å². The summed E-state index contributed by atoms with van der Waals surface area (Å²) >= 11 is 3.35. The molecule has 0 aliphatic heterocycles. The molecule has 1 amide bonds. The number of halogens is 1. The van der Waals surface area contributed by atoms with Crippen LogP contribution in [0.5, 0.6) is 5.75 Å². The molecular weight excluding hydrogens is 338 g/mol. The topological polar surface area (TPSA) is 66.8 Å². The number of ether oxygens (including phenoxy) is 1. The van der Waals surface area contributed by atoms with E-state index in [9.17, 15) is 9.59 Å². The average Bonchev–Trinajstić information content (AvgIpc) is 3.21. The van der Waals surface area contributed by atoms with Gasteiger partial charge in [0.1, 0.15) is 12.3 Å². The van der Waals surface area contributed by atoms with Crippen molar-refractivity contribution in [3.63, 3.8) is 0 Å². The Bertz CT molecular complexity index is 516. The van der Waals surface area contributed by atoms with Gasteiger partial charge in [-0.3, -0.25) is 9.59 Å². The molecule has 0 saturated heterocycles. The van der Waals surface area contributed by atoms with Gasteiger partial charge in [0, 0.05) is 11.0 Å². The summed E-state index contributed by atoms with van der Waals surface area (Å²) in [5, 5.41) is 8.87. The summed E-state index contributed by atoms with van der Waals surface area (Å²) in [6.07, 6.45) is 2.35. The number of benzene rings is 1. The molecule has 0 atom stereocenters. The van der Waals surface area contributed by atoms with Gasteiger partial charge in [0.15, 0.2) is 0 Å². The first kappa shape index (κ1) is 15.8. The maximum Gasteiger partial charge on any atom is 0.323 e. The third-order valence-electron chi connectivity index (χ3n) is 3.24. The lowest BCUT2D eigenvalue weighted by Crippen LogP contribution is -2.37. The first-order chi connectivity index (χ1) is 10.0. The molecule has 1 N–H and O–H groups in total. The number of amides is 1. The highest BCUT2D eigenvalue weighted by atomic mass is 79.9. The lowest BCUT2D eigenvalue weighted by atomic mass is 10.3. The Morgan fingerprint density at radius 2 is 2.14 bits per heavy atom. The van der Waals surface area contributed by atoms with Crippen LogP contribution in [0, 0.1) is 5.92 Å². The molecule has 0 spiro atoms. The number of carboxylic acid groups (broad SMARTS) is 1. The molecule has 1 aromatic carbocycles. The van der Waals surface area contributed by atoms with Crippen LogP contribution in [0.2, 0.25) is 0 Å². The Labute approximate surface area is 132 Å². The monoisotopic (exact) mass is 355 g/mol. The van der Waals surface area contributed by atoms with Crippen molar-refractivity contribution < 1.29 is 19.4 Å². The summed E-state index contributed by atoms with van der Waals surface area (Å²) in [5.41, 5.74) is 0. The smallest absolute Gasteiger partial charge is 0.323 e. The van der Waals surface area contributed by atoms with Crippen molar-refractivity contribution >= 4 is 27.8 Å². The predicted octanol–water partition coefficient (Wildman–Crippen LogP) is 2.54. The van der Waals surface area contributed by atoms with Gasteiger partial charge >= 0.3 is 5.97 Å². The van der Waals surface area contributed by atoms with Gasteiger partial charge in [-0.2, -0.15) is 0 Å². The van der Waals surface area contributed by atoms with Crippen LogP contribution in [0.1, 0.15) is 19.3 Å². The Hall–Kier alpha value is -1.56. The third kappa shape index (κ3) is 5.75. The van der Waals surface area contributed by atoms with Crippen molar-refractivity contribution in [2.24, 2.45) is 5.92 Å². The normalized spacial score (nSPS) is 13.8. The van der Waals surface area contributed by atoms with Gasteiger partial charge in [-0.25, -0.2) is 0 Å². The zero-order valence-corrected chi connectivity index (χ0v) is 13.2. The Morgan fingerprint density at radius 3 is 2.76 bits per heavy atom. The van der Waals surface area contributed by atoms with E-state index >= 15 is 0 Å². The summed E-state index contributed by atoms with van der Waals surface area (Å²) < 4.78 is 6.42. The minimum Gasteiger partial charge on any atom is -0.493 e. The molecule has 1 saturated carbocycles. The van der Waals surface area contributed by atoms with Crippen molar-refractivity contribution in [2.75, 3.05) is 19.7 Å². The fraction of sp³-hybridized carbons (Fsp3) is 0.467. The SMILES string of the molecule is O=C(O)CN(CC1CC1)C(=O)CCOc1cccc(Br)c1. The van der Waals surface area contributed by atoms with Crippen LogP contribution in [-0.2, 0) is 9.59 Å². The number of hydrogen-bond acceptors (Lipinski definition) is 3. The van der Waals surface area contributed by atoms with Crippen LogP contribution < -0.4 is 4.74 Å². The molecule has 1 aliphatic rings. The quantitative estimate of drug-likeness (QED) is 0.777. The second-order valence-electron chi connectivity index (χ2n) is 5.17. The van der Waals surface area contributed by atoms with Crippen LogP contribution in [-0.4, -0.2) is 41.6 Å². The van der Waals surface area contributed by atoms with Crippen LogP contribution in [0.4, 0.5) is 0 Å². The largest absolute Gasteiger partial charge is 0.493 e. The lowest BCUT2D eigenvalue weighted by Gasteiger charge is -2.20. The molecule has 21 heavy (non-hydrogen) atoms. The molecule has 2 rings (SSSR count). The zero-order chi connectivity index (χ0) is 15.2. The first-order valence-corrected chi connectivity index (χ1v) is 7.72. The number of hydrogen-bond donors (Lipinski definition) is 1. The van der Waals surface area contributed by atoms with E-state index in [-0.39, 0.29) is 25.5 Å². The Balaban J connectivity index is 1.79. The van der Waals surface area contributed by atoms with Crippen LogP contribution >= 0.6 is 15.9 Å². The maximum absolute atomic E-state index is 12.1. The highest BCUT2D eigenvalue weighted by Crippen LogP contribution is 2.29. The van der Waals surface area contributed by atoms with Crippen molar-refractivity contribution in [3.05, 3.63) is 28.7 Å². The molecule has 0 bridgehead atoms. The molecule has 0 heterocycles. The van der Waals surface area contributed by atoms with Gasteiger partial charge in [0.25, 0.3) is 0 Å². The van der Waals surface area contributed by atoms with Gasteiger partial charge < -0.3 is 14.7 Å². The van der Waals surface area contributed by atoms with E-state index in [1.165, 1.54) is 4.90 Å². The van der Waals surface area contributed by atoms with E-state index in [1.807, 2.05) is 24.3 Å². The van der Waals surface area contributed by atoms with Crippen molar-refractivity contribution in [1.82, 2.24) is 4.90 Å². The summed E-state index contributed by atoms with van der Waals surface area (Å²) in [7, 11) is 0. The first-order valence-electron chi connectivity index (χ1n) is 6.92. The molecule has 1 aromatic rings. The average molecular weight is 356 g/mol. The van der Waals surface area contributed by atoms with E-state index < -0.39 is 5.97 Å². The predicted molar refractivity (Wildman–Crippen MR) is 81.2 cm³/mol. The molecule has 1 fully saturated rings. The van der Waals surface area contributed by atoms with Crippen LogP contribution in [0.25, 0.3) is 0 Å². The van der Waals surface area contributed by atoms with Gasteiger partial charge in [-0.15, -0.1) is 0 Å². The van der Waals surface area contributed by atoms with E-state index in [4.69, 9.17) is 9.84 Å².